The Morgan fingerprint density at radius 2 is 2.50 bits per heavy atom. The normalized spacial score (nSPS) is 10.6. The predicted octanol–water partition coefficient (Wildman–Crippen LogP) is 2.64. The highest BCUT2D eigenvalue weighted by Gasteiger charge is 1.96. The zero-order valence-corrected chi connectivity index (χ0v) is 8.23. The van der Waals surface area contributed by atoms with Gasteiger partial charge in [0.05, 0.1) is 12.9 Å². The van der Waals surface area contributed by atoms with Crippen LogP contribution in [0.4, 0.5) is 0 Å². The Kier molecular flexibility index (Phi) is 4.55. The second-order valence-corrected chi connectivity index (χ2v) is 2.87. The summed E-state index contributed by atoms with van der Waals surface area (Å²) >= 11 is 0. The maximum atomic E-state index is 11.1. The first-order valence-electron chi connectivity index (χ1n) is 4.71. The highest BCUT2D eigenvalue weighted by atomic mass is 16.5. The molecule has 0 fully saturated rings. The molecule has 14 heavy (non-hydrogen) atoms. The number of esters is 1. The summed E-state index contributed by atoms with van der Waals surface area (Å²) in [5, 5.41) is 0. The van der Waals surface area contributed by atoms with Gasteiger partial charge in [-0.2, -0.15) is 0 Å². The lowest BCUT2D eigenvalue weighted by Gasteiger charge is -1.98. The molecular formula is C11H14O3. The van der Waals surface area contributed by atoms with Gasteiger partial charge in [-0.25, -0.2) is 4.79 Å². The van der Waals surface area contributed by atoms with Gasteiger partial charge in [-0.05, 0) is 24.6 Å². The smallest absolute Gasteiger partial charge is 0.330 e. The molecule has 0 bridgehead atoms. The second kappa shape index (κ2) is 6.02. The summed E-state index contributed by atoms with van der Waals surface area (Å²) in [6.07, 6.45) is 6.44. The summed E-state index contributed by atoms with van der Waals surface area (Å²) in [4.78, 5) is 11.1. The van der Waals surface area contributed by atoms with Gasteiger partial charge in [-0.1, -0.05) is 13.3 Å². The number of rotatable bonds is 5. The van der Waals surface area contributed by atoms with E-state index in [1.165, 1.54) is 6.08 Å². The average molecular weight is 194 g/mol. The molecule has 1 aromatic rings. The molecule has 3 nitrogen and oxygen atoms in total. The molecule has 1 rings (SSSR count). The van der Waals surface area contributed by atoms with Crippen molar-refractivity contribution in [2.45, 2.75) is 19.8 Å². The first-order chi connectivity index (χ1) is 6.83. The van der Waals surface area contributed by atoms with Crippen molar-refractivity contribution in [3.8, 4) is 0 Å². The third kappa shape index (κ3) is 3.94. The van der Waals surface area contributed by atoms with Gasteiger partial charge in [0.25, 0.3) is 0 Å². The Morgan fingerprint density at radius 1 is 1.64 bits per heavy atom. The summed E-state index contributed by atoms with van der Waals surface area (Å²) < 4.78 is 9.93. The molecule has 0 saturated heterocycles. The van der Waals surface area contributed by atoms with E-state index in [0.717, 1.165) is 12.8 Å². The third-order valence-electron chi connectivity index (χ3n) is 1.67. The molecule has 0 aliphatic rings. The highest BCUT2D eigenvalue weighted by Crippen LogP contribution is 2.02. The Balaban J connectivity index is 2.26. The van der Waals surface area contributed by atoms with Crippen LogP contribution in [0.2, 0.25) is 0 Å². The molecule has 0 spiro atoms. The van der Waals surface area contributed by atoms with Gasteiger partial charge in [-0.3, -0.25) is 0 Å². The van der Waals surface area contributed by atoms with Crippen LogP contribution in [0.25, 0.3) is 6.08 Å². The van der Waals surface area contributed by atoms with Crippen molar-refractivity contribution >= 4 is 12.0 Å². The number of carbonyl (C=O) groups is 1. The minimum Gasteiger partial charge on any atom is -0.465 e. The number of unbranched alkanes of at least 4 members (excludes halogenated alkanes) is 1. The van der Waals surface area contributed by atoms with Gasteiger partial charge in [0.2, 0.25) is 0 Å². The van der Waals surface area contributed by atoms with Gasteiger partial charge >= 0.3 is 5.97 Å². The second-order valence-electron chi connectivity index (χ2n) is 2.87. The van der Waals surface area contributed by atoms with E-state index in [1.54, 1.807) is 24.5 Å². The van der Waals surface area contributed by atoms with E-state index in [0.29, 0.717) is 12.4 Å². The average Bonchev–Trinajstić information content (AvgIpc) is 2.68. The summed E-state index contributed by atoms with van der Waals surface area (Å²) in [6, 6.07) is 3.54. The van der Waals surface area contributed by atoms with E-state index in [2.05, 4.69) is 0 Å². The van der Waals surface area contributed by atoms with Crippen LogP contribution >= 0.6 is 0 Å². The monoisotopic (exact) mass is 194 g/mol. The number of ether oxygens (including phenoxy) is 1. The molecule has 0 atom stereocenters. The van der Waals surface area contributed by atoms with Crippen LogP contribution in [0, 0.1) is 0 Å². The summed E-state index contributed by atoms with van der Waals surface area (Å²) in [6.45, 7) is 2.53. The molecule has 0 N–H and O–H groups in total. The van der Waals surface area contributed by atoms with Crippen LogP contribution in [-0.4, -0.2) is 12.6 Å². The van der Waals surface area contributed by atoms with Crippen molar-refractivity contribution in [1.82, 2.24) is 0 Å². The quantitative estimate of drug-likeness (QED) is 0.411. The molecule has 0 aromatic carbocycles. The Morgan fingerprint density at radius 3 is 3.14 bits per heavy atom. The van der Waals surface area contributed by atoms with E-state index < -0.39 is 0 Å². The van der Waals surface area contributed by atoms with Gasteiger partial charge < -0.3 is 9.15 Å². The number of carbonyl (C=O) groups excluding carboxylic acids is 1. The Labute approximate surface area is 83.4 Å². The fourth-order valence-corrected chi connectivity index (χ4v) is 0.901. The first-order valence-corrected chi connectivity index (χ1v) is 4.71. The minimum absolute atomic E-state index is 0.324. The standard InChI is InChI=1S/C11H14O3/c1-2-3-8-14-11(12)7-6-10-5-4-9-13-10/h4-7,9H,2-3,8H2,1H3/b7-6-. The van der Waals surface area contributed by atoms with Crippen molar-refractivity contribution in [3.05, 3.63) is 30.2 Å². The van der Waals surface area contributed by atoms with Crippen LogP contribution in [-0.2, 0) is 9.53 Å². The topological polar surface area (TPSA) is 39.4 Å². The van der Waals surface area contributed by atoms with Crippen molar-refractivity contribution in [2.75, 3.05) is 6.61 Å². The van der Waals surface area contributed by atoms with Crippen molar-refractivity contribution in [3.63, 3.8) is 0 Å². The lowest BCUT2D eigenvalue weighted by atomic mass is 10.3. The summed E-state index contributed by atoms with van der Waals surface area (Å²) in [5.41, 5.74) is 0. The van der Waals surface area contributed by atoms with Crippen molar-refractivity contribution in [2.24, 2.45) is 0 Å². The zero-order chi connectivity index (χ0) is 10.2. The SMILES string of the molecule is CCCCOC(=O)/C=C\c1ccco1. The minimum atomic E-state index is -0.324. The molecule has 1 aromatic heterocycles. The Hall–Kier alpha value is -1.51. The molecule has 0 radical (unpaired) electrons. The summed E-state index contributed by atoms with van der Waals surface area (Å²) in [5.74, 6) is 0.326. The fraction of sp³-hybridized carbons (Fsp3) is 0.364. The molecule has 0 aliphatic carbocycles. The maximum absolute atomic E-state index is 11.1. The van der Waals surface area contributed by atoms with E-state index in [1.807, 2.05) is 6.92 Å². The number of furan rings is 1. The zero-order valence-electron chi connectivity index (χ0n) is 8.23. The molecule has 76 valence electrons. The molecule has 0 saturated carbocycles. The van der Waals surface area contributed by atoms with E-state index >= 15 is 0 Å². The van der Waals surface area contributed by atoms with E-state index in [-0.39, 0.29) is 5.97 Å². The fourth-order valence-electron chi connectivity index (χ4n) is 0.901. The molecule has 0 amide bonds. The highest BCUT2D eigenvalue weighted by molar-refractivity contribution is 5.86. The van der Waals surface area contributed by atoms with Crippen LogP contribution in [0.1, 0.15) is 25.5 Å². The van der Waals surface area contributed by atoms with Crippen LogP contribution < -0.4 is 0 Å². The van der Waals surface area contributed by atoms with Crippen LogP contribution in [0.5, 0.6) is 0 Å². The van der Waals surface area contributed by atoms with Gasteiger partial charge in [0.15, 0.2) is 0 Å². The Bertz CT molecular complexity index is 285. The van der Waals surface area contributed by atoms with Gasteiger partial charge in [0.1, 0.15) is 5.76 Å². The molecule has 3 heteroatoms. The van der Waals surface area contributed by atoms with E-state index in [9.17, 15) is 4.79 Å². The first kappa shape index (κ1) is 10.6. The third-order valence-corrected chi connectivity index (χ3v) is 1.67. The summed E-state index contributed by atoms with van der Waals surface area (Å²) in [7, 11) is 0. The van der Waals surface area contributed by atoms with Crippen molar-refractivity contribution < 1.29 is 13.9 Å². The maximum Gasteiger partial charge on any atom is 0.330 e. The lowest BCUT2D eigenvalue weighted by Crippen LogP contribution is -2.01. The van der Waals surface area contributed by atoms with E-state index in [4.69, 9.17) is 9.15 Å². The van der Waals surface area contributed by atoms with Gasteiger partial charge in [0, 0.05) is 6.08 Å². The predicted molar refractivity (Wildman–Crippen MR) is 53.6 cm³/mol. The molecule has 0 unspecified atom stereocenters. The largest absolute Gasteiger partial charge is 0.465 e. The molecular weight excluding hydrogens is 180 g/mol. The van der Waals surface area contributed by atoms with Gasteiger partial charge in [-0.15, -0.1) is 0 Å². The lowest BCUT2D eigenvalue weighted by molar-refractivity contribution is -0.137. The number of hydrogen-bond acceptors (Lipinski definition) is 3. The molecule has 0 aliphatic heterocycles. The van der Waals surface area contributed by atoms with Crippen LogP contribution in [0.15, 0.2) is 28.9 Å². The van der Waals surface area contributed by atoms with Crippen molar-refractivity contribution in [1.29, 1.82) is 0 Å². The van der Waals surface area contributed by atoms with Crippen LogP contribution in [0.3, 0.4) is 0 Å². The number of hydrogen-bond donors (Lipinski definition) is 0. The molecule has 1 heterocycles.